The third kappa shape index (κ3) is 5.85. The van der Waals surface area contributed by atoms with Gasteiger partial charge in [-0.25, -0.2) is 4.98 Å². The smallest absolute Gasteiger partial charge is 0.122 e. The van der Waals surface area contributed by atoms with Crippen molar-refractivity contribution >= 4 is 6.08 Å². The van der Waals surface area contributed by atoms with Gasteiger partial charge in [-0.1, -0.05) is 47.6 Å². The zero-order valence-electron chi connectivity index (χ0n) is 17.3. The molecule has 0 amide bonds. The minimum atomic E-state index is 0.841. The van der Waals surface area contributed by atoms with E-state index in [2.05, 4.69) is 82.1 Å². The molecule has 0 bridgehead atoms. The van der Waals surface area contributed by atoms with Gasteiger partial charge < -0.3 is 9.30 Å². The van der Waals surface area contributed by atoms with E-state index in [-0.39, 0.29) is 0 Å². The topological polar surface area (TPSA) is 27.1 Å². The minimum Gasteiger partial charge on any atom is -0.496 e. The highest BCUT2D eigenvalue weighted by Gasteiger charge is 2.08. The van der Waals surface area contributed by atoms with Crippen LogP contribution in [0.4, 0.5) is 0 Å². The number of aryl methyl sites for hydroxylation is 1. The first-order valence-corrected chi connectivity index (χ1v) is 9.22. The van der Waals surface area contributed by atoms with E-state index in [0.29, 0.717) is 0 Å². The van der Waals surface area contributed by atoms with Crippen LogP contribution in [0, 0.1) is 20.8 Å². The first-order valence-electron chi connectivity index (χ1n) is 9.22. The molecule has 0 aliphatic rings. The predicted octanol–water partition coefficient (Wildman–Crippen LogP) is 5.98. The summed E-state index contributed by atoms with van der Waals surface area (Å²) in [7, 11) is 1.72. The molecule has 27 heavy (non-hydrogen) atoms. The molecule has 0 aliphatic heterocycles. The standard InChI is InChI=1S/C24H30N2O/c1-18(8-7-9-19(2)12-14-26-15-13-25-17-26)10-11-23-20(3)16-24(27-6)22(5)21(23)4/h7-13,15-17H,14H2,1-6H3. The molecule has 1 aromatic heterocycles. The van der Waals surface area contributed by atoms with E-state index >= 15 is 0 Å². The largest absolute Gasteiger partial charge is 0.496 e. The summed E-state index contributed by atoms with van der Waals surface area (Å²) in [6.07, 6.45) is 18.5. The fourth-order valence-corrected chi connectivity index (χ4v) is 2.87. The highest BCUT2D eigenvalue weighted by atomic mass is 16.5. The fourth-order valence-electron chi connectivity index (χ4n) is 2.87. The van der Waals surface area contributed by atoms with Crippen molar-refractivity contribution in [2.24, 2.45) is 0 Å². The Balaban J connectivity index is 2.05. The summed E-state index contributed by atoms with van der Waals surface area (Å²) in [5, 5.41) is 0. The maximum atomic E-state index is 5.45. The summed E-state index contributed by atoms with van der Waals surface area (Å²) in [5.74, 6) is 0.954. The average Bonchev–Trinajstić information content (AvgIpc) is 3.16. The van der Waals surface area contributed by atoms with Gasteiger partial charge in [-0.05, 0) is 62.9 Å². The number of nitrogens with zero attached hydrogens (tertiary/aromatic N) is 2. The summed E-state index contributed by atoms with van der Waals surface area (Å²) in [6, 6.07) is 2.11. The minimum absolute atomic E-state index is 0.841. The molecule has 0 saturated heterocycles. The van der Waals surface area contributed by atoms with Crippen LogP contribution < -0.4 is 4.74 Å². The second-order valence-corrected chi connectivity index (χ2v) is 6.87. The molecule has 0 N–H and O–H groups in total. The fraction of sp³-hybridized carbons (Fsp3) is 0.292. The molecule has 142 valence electrons. The third-order valence-electron chi connectivity index (χ3n) is 4.74. The van der Waals surface area contributed by atoms with Crippen LogP contribution in [-0.4, -0.2) is 16.7 Å². The molecule has 0 fully saturated rings. The quantitative estimate of drug-likeness (QED) is 0.567. The van der Waals surface area contributed by atoms with Gasteiger partial charge in [-0.2, -0.15) is 0 Å². The summed E-state index contributed by atoms with van der Waals surface area (Å²) < 4.78 is 7.50. The van der Waals surface area contributed by atoms with E-state index in [1.807, 2.05) is 17.1 Å². The summed E-state index contributed by atoms with van der Waals surface area (Å²) in [6.45, 7) is 11.5. The lowest BCUT2D eigenvalue weighted by Gasteiger charge is -2.13. The maximum absolute atomic E-state index is 5.45. The van der Waals surface area contributed by atoms with Crippen molar-refractivity contribution in [3.8, 4) is 5.75 Å². The number of allylic oxidation sites excluding steroid dienone is 7. The van der Waals surface area contributed by atoms with Crippen molar-refractivity contribution in [1.82, 2.24) is 9.55 Å². The molecule has 0 radical (unpaired) electrons. The van der Waals surface area contributed by atoms with Crippen LogP contribution in [-0.2, 0) is 6.54 Å². The lowest BCUT2D eigenvalue weighted by molar-refractivity contribution is 0.411. The number of ether oxygens (including phenoxy) is 1. The molecule has 0 spiro atoms. The number of hydrogen-bond donors (Lipinski definition) is 0. The van der Waals surface area contributed by atoms with Gasteiger partial charge in [0, 0.05) is 18.9 Å². The Hall–Kier alpha value is -2.81. The van der Waals surface area contributed by atoms with Gasteiger partial charge in [-0.3, -0.25) is 0 Å². The van der Waals surface area contributed by atoms with Crippen molar-refractivity contribution in [2.45, 2.75) is 41.2 Å². The predicted molar refractivity (Wildman–Crippen MR) is 115 cm³/mol. The highest BCUT2D eigenvalue weighted by Crippen LogP contribution is 2.28. The average molecular weight is 363 g/mol. The Morgan fingerprint density at radius 1 is 1.11 bits per heavy atom. The van der Waals surface area contributed by atoms with Gasteiger partial charge in [-0.15, -0.1) is 0 Å². The Labute approximate surface area is 163 Å². The van der Waals surface area contributed by atoms with Gasteiger partial charge in [0.25, 0.3) is 0 Å². The van der Waals surface area contributed by atoms with Crippen LogP contribution in [0.5, 0.6) is 5.75 Å². The number of rotatable bonds is 7. The van der Waals surface area contributed by atoms with Crippen LogP contribution >= 0.6 is 0 Å². The lowest BCUT2D eigenvalue weighted by Crippen LogP contribution is -1.95. The normalized spacial score (nSPS) is 13.1. The van der Waals surface area contributed by atoms with Gasteiger partial charge >= 0.3 is 0 Å². The van der Waals surface area contributed by atoms with E-state index in [1.54, 1.807) is 13.3 Å². The molecular weight excluding hydrogens is 332 g/mol. The number of imidazole rings is 1. The Bertz CT molecular complexity index is 882. The van der Waals surface area contributed by atoms with Gasteiger partial charge in [0.1, 0.15) is 5.75 Å². The zero-order chi connectivity index (χ0) is 19.8. The second kappa shape index (κ2) is 9.77. The van der Waals surface area contributed by atoms with Crippen molar-refractivity contribution < 1.29 is 4.74 Å². The first kappa shape index (κ1) is 20.5. The summed E-state index contributed by atoms with van der Waals surface area (Å²) in [5.41, 5.74) is 7.40. The summed E-state index contributed by atoms with van der Waals surface area (Å²) >= 11 is 0. The monoisotopic (exact) mass is 362 g/mol. The Morgan fingerprint density at radius 3 is 2.56 bits per heavy atom. The van der Waals surface area contributed by atoms with Crippen LogP contribution in [0.15, 0.2) is 66.3 Å². The molecule has 3 nitrogen and oxygen atoms in total. The van der Waals surface area contributed by atoms with E-state index in [1.165, 1.54) is 33.4 Å². The molecule has 1 aromatic carbocycles. The molecule has 0 aliphatic carbocycles. The van der Waals surface area contributed by atoms with Crippen LogP contribution in [0.2, 0.25) is 0 Å². The lowest BCUT2D eigenvalue weighted by atomic mass is 9.96. The van der Waals surface area contributed by atoms with Crippen molar-refractivity contribution in [2.75, 3.05) is 7.11 Å². The molecule has 2 rings (SSSR count). The second-order valence-electron chi connectivity index (χ2n) is 6.87. The van der Waals surface area contributed by atoms with Crippen LogP contribution in [0.3, 0.4) is 0 Å². The molecule has 1 heterocycles. The van der Waals surface area contributed by atoms with Gasteiger partial charge in [0.15, 0.2) is 0 Å². The molecular formula is C24H30N2O. The highest BCUT2D eigenvalue weighted by molar-refractivity contribution is 5.64. The van der Waals surface area contributed by atoms with Crippen LogP contribution in [0.25, 0.3) is 6.08 Å². The molecule has 3 heteroatoms. The first-order chi connectivity index (χ1) is 12.9. The molecule has 0 unspecified atom stereocenters. The van der Waals surface area contributed by atoms with Crippen molar-refractivity contribution in [3.63, 3.8) is 0 Å². The van der Waals surface area contributed by atoms with E-state index in [9.17, 15) is 0 Å². The van der Waals surface area contributed by atoms with Crippen molar-refractivity contribution in [3.05, 3.63) is 88.6 Å². The summed E-state index contributed by atoms with van der Waals surface area (Å²) in [4.78, 5) is 4.05. The van der Waals surface area contributed by atoms with Gasteiger partial charge in [0.05, 0.1) is 13.4 Å². The maximum Gasteiger partial charge on any atom is 0.122 e. The number of methoxy groups -OCH3 is 1. The Morgan fingerprint density at radius 2 is 1.89 bits per heavy atom. The van der Waals surface area contributed by atoms with E-state index < -0.39 is 0 Å². The Kier molecular flexibility index (Phi) is 7.42. The SMILES string of the molecule is COc1cc(C)c(C=CC(C)=CC=CC(C)=CCn2ccnc2)c(C)c1C. The number of aromatic nitrogens is 2. The van der Waals surface area contributed by atoms with Crippen molar-refractivity contribution in [1.29, 1.82) is 0 Å². The molecule has 0 atom stereocenters. The molecule has 2 aromatic rings. The number of hydrogen-bond acceptors (Lipinski definition) is 2. The van der Waals surface area contributed by atoms with E-state index in [0.717, 1.165) is 12.3 Å². The number of benzene rings is 1. The third-order valence-corrected chi connectivity index (χ3v) is 4.74. The molecule has 0 saturated carbocycles. The van der Waals surface area contributed by atoms with Gasteiger partial charge in [0.2, 0.25) is 0 Å². The van der Waals surface area contributed by atoms with E-state index in [4.69, 9.17) is 4.74 Å². The zero-order valence-corrected chi connectivity index (χ0v) is 17.3. The van der Waals surface area contributed by atoms with Crippen LogP contribution in [0.1, 0.15) is 36.1 Å².